The van der Waals surface area contributed by atoms with Gasteiger partial charge in [0.05, 0.1) is 24.9 Å². The lowest BCUT2D eigenvalue weighted by Crippen LogP contribution is -2.43. The number of H-pyrrole nitrogens is 1. The van der Waals surface area contributed by atoms with Crippen molar-refractivity contribution in [1.82, 2.24) is 24.6 Å². The van der Waals surface area contributed by atoms with Gasteiger partial charge in [-0.25, -0.2) is 4.98 Å². The first kappa shape index (κ1) is 18.9. The first-order valence-electron chi connectivity index (χ1n) is 11.2. The van der Waals surface area contributed by atoms with E-state index in [1.807, 2.05) is 12.3 Å². The quantitative estimate of drug-likeness (QED) is 0.481. The van der Waals surface area contributed by atoms with Crippen LogP contribution in [0.2, 0.25) is 0 Å². The third-order valence-corrected chi connectivity index (χ3v) is 7.43. The highest BCUT2D eigenvalue weighted by Crippen LogP contribution is 2.45. The summed E-state index contributed by atoms with van der Waals surface area (Å²) >= 11 is 0. The van der Waals surface area contributed by atoms with Crippen LogP contribution in [0, 0.1) is 17.8 Å². The van der Waals surface area contributed by atoms with Crippen LogP contribution in [0.15, 0.2) is 28.0 Å². The molecular formula is C23H25N5O3. The second-order valence-corrected chi connectivity index (χ2v) is 9.26. The van der Waals surface area contributed by atoms with Gasteiger partial charge < -0.3 is 9.72 Å². The lowest BCUT2D eigenvalue weighted by Gasteiger charge is -2.27. The molecule has 1 N–H and O–H groups in total. The summed E-state index contributed by atoms with van der Waals surface area (Å²) in [7, 11) is 0. The van der Waals surface area contributed by atoms with Gasteiger partial charge in [0.15, 0.2) is 11.3 Å². The van der Waals surface area contributed by atoms with Gasteiger partial charge in [0.25, 0.3) is 0 Å². The first-order chi connectivity index (χ1) is 15.1. The lowest BCUT2D eigenvalue weighted by atomic mass is 9.85. The zero-order valence-corrected chi connectivity index (χ0v) is 17.5. The number of nitrogens with one attached hydrogen (secondary N) is 1. The highest BCUT2D eigenvalue weighted by molar-refractivity contribution is 5.74. The van der Waals surface area contributed by atoms with Crippen LogP contribution < -0.4 is 10.9 Å². The van der Waals surface area contributed by atoms with E-state index in [1.54, 1.807) is 6.20 Å². The summed E-state index contributed by atoms with van der Waals surface area (Å²) in [6, 6.07) is 2.01. The average Bonchev–Trinajstić information content (AvgIpc) is 3.47. The third-order valence-electron chi connectivity index (χ3n) is 7.43. The predicted octanol–water partition coefficient (Wildman–Crippen LogP) is 2.15. The first-order valence-corrected chi connectivity index (χ1v) is 11.2. The molecule has 8 nitrogen and oxygen atoms in total. The largest absolute Gasteiger partial charge is 0.381 e. The molecule has 0 spiro atoms. The minimum Gasteiger partial charge on any atom is -0.381 e. The summed E-state index contributed by atoms with van der Waals surface area (Å²) in [4.78, 5) is 32.1. The second-order valence-electron chi connectivity index (χ2n) is 9.26. The normalized spacial score (nSPS) is 24.5. The molecule has 1 unspecified atom stereocenters. The fourth-order valence-corrected chi connectivity index (χ4v) is 5.71. The molecule has 0 bridgehead atoms. The molecule has 1 aromatic carbocycles. The Morgan fingerprint density at radius 3 is 2.58 bits per heavy atom. The lowest BCUT2D eigenvalue weighted by molar-refractivity contribution is -0.0315. The average molecular weight is 419 g/mol. The number of hydrogen-bond acceptors (Lipinski definition) is 6. The molecule has 3 aromatic heterocycles. The van der Waals surface area contributed by atoms with E-state index in [-0.39, 0.29) is 16.8 Å². The topological polar surface area (TPSA) is 102 Å². The van der Waals surface area contributed by atoms with Gasteiger partial charge in [0.1, 0.15) is 5.82 Å². The molecule has 160 valence electrons. The molecule has 1 aliphatic heterocycles. The van der Waals surface area contributed by atoms with Gasteiger partial charge in [-0.3, -0.25) is 14.0 Å². The Morgan fingerprint density at radius 1 is 1.10 bits per heavy atom. The molecule has 1 saturated carbocycles. The maximum Gasteiger partial charge on any atom is 0.229 e. The molecule has 31 heavy (non-hydrogen) atoms. The number of rotatable bonds is 6. The van der Waals surface area contributed by atoms with Crippen LogP contribution in [-0.4, -0.2) is 37.8 Å². The summed E-state index contributed by atoms with van der Waals surface area (Å²) in [6.07, 6.45) is 8.09. The standard InChI is InChI=1S/C23H25N5O3/c1-2-14-5-12(7-16-17(21(30)20(16)29)8-13-10-31-11-13)6-15(14)23-27-26-19-9-25-22-18(28(19)23)3-4-24-22/h3-4,9,12-15,24H,2,5-8,10-11H2,1H3/t12-,14+,15?/m0/s1. The van der Waals surface area contributed by atoms with Crippen molar-refractivity contribution in [3.63, 3.8) is 0 Å². The van der Waals surface area contributed by atoms with Gasteiger partial charge in [-0.1, -0.05) is 13.3 Å². The number of nitrogens with zero attached hydrogens (tertiary/aromatic N) is 4. The fraction of sp³-hybridized carbons (Fsp3) is 0.522. The highest BCUT2D eigenvalue weighted by Gasteiger charge is 2.39. The molecule has 6 rings (SSSR count). The van der Waals surface area contributed by atoms with E-state index >= 15 is 0 Å². The fourth-order valence-electron chi connectivity index (χ4n) is 5.71. The summed E-state index contributed by atoms with van der Waals surface area (Å²) in [6.45, 7) is 3.62. The molecular weight excluding hydrogens is 394 g/mol. The van der Waals surface area contributed by atoms with E-state index in [1.165, 1.54) is 0 Å². The van der Waals surface area contributed by atoms with Crippen LogP contribution in [0.5, 0.6) is 0 Å². The summed E-state index contributed by atoms with van der Waals surface area (Å²) in [5.41, 5.74) is 3.58. The van der Waals surface area contributed by atoms with Crippen molar-refractivity contribution in [2.24, 2.45) is 17.8 Å². The van der Waals surface area contributed by atoms with Gasteiger partial charge in [0, 0.05) is 29.2 Å². The molecule has 0 radical (unpaired) electrons. The molecule has 8 heteroatoms. The van der Waals surface area contributed by atoms with E-state index in [9.17, 15) is 9.59 Å². The summed E-state index contributed by atoms with van der Waals surface area (Å²) < 4.78 is 7.36. The molecule has 3 atom stereocenters. The maximum absolute atomic E-state index is 12.3. The van der Waals surface area contributed by atoms with Gasteiger partial charge in [0.2, 0.25) is 10.9 Å². The van der Waals surface area contributed by atoms with Crippen LogP contribution in [0.3, 0.4) is 0 Å². The van der Waals surface area contributed by atoms with E-state index in [4.69, 9.17) is 4.74 Å². The minimum atomic E-state index is -0.269. The van der Waals surface area contributed by atoms with Crippen molar-refractivity contribution in [3.8, 4) is 0 Å². The predicted molar refractivity (Wildman–Crippen MR) is 115 cm³/mol. The zero-order valence-electron chi connectivity index (χ0n) is 17.5. The Morgan fingerprint density at radius 2 is 1.87 bits per heavy atom. The van der Waals surface area contributed by atoms with Crippen molar-refractivity contribution in [1.29, 1.82) is 0 Å². The Kier molecular flexibility index (Phi) is 4.31. The molecule has 4 aromatic rings. The van der Waals surface area contributed by atoms with Crippen LogP contribution >= 0.6 is 0 Å². The van der Waals surface area contributed by atoms with Crippen molar-refractivity contribution in [2.75, 3.05) is 13.2 Å². The van der Waals surface area contributed by atoms with Crippen molar-refractivity contribution in [2.45, 2.75) is 44.9 Å². The molecule has 2 aliphatic rings. The maximum atomic E-state index is 12.3. The van der Waals surface area contributed by atoms with E-state index in [0.29, 0.717) is 43.8 Å². The number of hydrogen-bond donors (Lipinski definition) is 1. The van der Waals surface area contributed by atoms with Crippen molar-refractivity contribution < 1.29 is 4.74 Å². The van der Waals surface area contributed by atoms with Gasteiger partial charge >= 0.3 is 0 Å². The highest BCUT2D eigenvalue weighted by atomic mass is 16.5. The number of aromatic nitrogens is 5. The number of aromatic amines is 1. The number of fused-ring (bicyclic) bond motifs is 3. The van der Waals surface area contributed by atoms with E-state index in [0.717, 1.165) is 53.0 Å². The van der Waals surface area contributed by atoms with Crippen molar-refractivity contribution >= 4 is 16.8 Å². The van der Waals surface area contributed by atoms with Crippen LogP contribution in [0.4, 0.5) is 0 Å². The van der Waals surface area contributed by atoms with E-state index < -0.39 is 0 Å². The molecule has 0 amide bonds. The Hall–Kier alpha value is -2.87. The smallest absolute Gasteiger partial charge is 0.229 e. The van der Waals surface area contributed by atoms with Crippen LogP contribution in [0.1, 0.15) is 49.1 Å². The Bertz CT molecular complexity index is 1340. The Labute approximate surface area is 178 Å². The van der Waals surface area contributed by atoms with Gasteiger partial charge in [-0.05, 0) is 43.6 Å². The molecule has 2 fully saturated rings. The molecule has 4 heterocycles. The SMILES string of the molecule is CC[C@@H]1C[C@H](Cc2c(CC3COC3)c(=O)c2=O)CC1c1nnc2cnc3[nH]ccc3n12. The summed E-state index contributed by atoms with van der Waals surface area (Å²) in [5, 5.41) is 8.94. The second kappa shape index (κ2) is 7.09. The monoisotopic (exact) mass is 419 g/mol. The van der Waals surface area contributed by atoms with Gasteiger partial charge in [-0.2, -0.15) is 0 Å². The molecule has 1 aliphatic carbocycles. The Balaban J connectivity index is 1.29. The van der Waals surface area contributed by atoms with Crippen molar-refractivity contribution in [3.05, 3.63) is 55.9 Å². The zero-order chi connectivity index (χ0) is 21.1. The summed E-state index contributed by atoms with van der Waals surface area (Å²) in [5.74, 6) is 2.51. The van der Waals surface area contributed by atoms with E-state index in [2.05, 4.69) is 31.5 Å². The third kappa shape index (κ3) is 2.88. The molecule has 1 saturated heterocycles. The van der Waals surface area contributed by atoms with Gasteiger partial charge in [-0.15, -0.1) is 10.2 Å². The van der Waals surface area contributed by atoms with Crippen LogP contribution in [-0.2, 0) is 17.6 Å². The minimum absolute atomic E-state index is 0.264. The van der Waals surface area contributed by atoms with Crippen LogP contribution in [0.25, 0.3) is 16.8 Å². The number of ether oxygens (including phenoxy) is 1.